The van der Waals surface area contributed by atoms with Crippen molar-refractivity contribution in [3.63, 3.8) is 0 Å². The fraction of sp³-hybridized carbons (Fsp3) is 0.467. The lowest BCUT2D eigenvalue weighted by Gasteiger charge is -2.11. The summed E-state index contributed by atoms with van der Waals surface area (Å²) in [7, 11) is 0. The first kappa shape index (κ1) is 15.3. The molecule has 0 aromatic heterocycles. The minimum absolute atomic E-state index is 0.0293. The predicted octanol–water partition coefficient (Wildman–Crippen LogP) is 3.23. The number of carboxylic acid groups (broad SMARTS) is 1. The summed E-state index contributed by atoms with van der Waals surface area (Å²) in [6, 6.07) is 2.90. The van der Waals surface area contributed by atoms with Crippen LogP contribution in [0.5, 0.6) is 0 Å². The van der Waals surface area contributed by atoms with Crippen LogP contribution >= 0.6 is 0 Å². The number of aromatic carboxylic acids is 1. The topological polar surface area (TPSA) is 78.4 Å². The molecule has 0 radical (unpaired) electrons. The minimum Gasteiger partial charge on any atom is -0.478 e. The summed E-state index contributed by atoms with van der Waals surface area (Å²) in [6.07, 6.45) is 5.90. The van der Waals surface area contributed by atoms with Crippen LogP contribution in [-0.2, 0) is 0 Å². The Balaban J connectivity index is 1.80. The first-order valence-electron chi connectivity index (χ1n) is 7.14. The van der Waals surface area contributed by atoms with Crippen LogP contribution in [0.2, 0.25) is 0 Å². The van der Waals surface area contributed by atoms with Gasteiger partial charge in [0.15, 0.2) is 0 Å². The highest BCUT2D eigenvalue weighted by Crippen LogP contribution is 2.26. The Hall–Kier alpha value is -2.11. The van der Waals surface area contributed by atoms with Gasteiger partial charge in [-0.2, -0.15) is 0 Å². The number of halogens is 1. The normalized spacial score (nSPS) is 14.9. The van der Waals surface area contributed by atoms with Gasteiger partial charge in [0.2, 0.25) is 0 Å². The second-order valence-electron chi connectivity index (χ2n) is 5.32. The lowest BCUT2D eigenvalue weighted by Crippen LogP contribution is -2.30. The van der Waals surface area contributed by atoms with Crippen LogP contribution in [0.25, 0.3) is 0 Å². The van der Waals surface area contributed by atoms with Gasteiger partial charge < -0.3 is 15.7 Å². The van der Waals surface area contributed by atoms with Gasteiger partial charge in [0.05, 0.1) is 11.3 Å². The molecule has 21 heavy (non-hydrogen) atoms. The highest BCUT2D eigenvalue weighted by Gasteiger charge is 2.15. The van der Waals surface area contributed by atoms with Gasteiger partial charge in [-0.15, -0.1) is 0 Å². The number of hydrogen-bond acceptors (Lipinski definition) is 2. The third-order valence-electron chi connectivity index (χ3n) is 3.78. The number of carbonyl (C=O) groups is 2. The van der Waals surface area contributed by atoms with E-state index in [0.29, 0.717) is 12.5 Å². The van der Waals surface area contributed by atoms with Crippen LogP contribution in [0.3, 0.4) is 0 Å². The quantitative estimate of drug-likeness (QED) is 0.780. The van der Waals surface area contributed by atoms with Crippen LogP contribution in [0.4, 0.5) is 14.9 Å². The number of rotatable bonds is 5. The van der Waals surface area contributed by atoms with Gasteiger partial charge in [-0.1, -0.05) is 25.7 Å². The van der Waals surface area contributed by atoms with Crippen LogP contribution < -0.4 is 10.6 Å². The summed E-state index contributed by atoms with van der Waals surface area (Å²) < 4.78 is 13.6. The van der Waals surface area contributed by atoms with Crippen LogP contribution in [0, 0.1) is 11.7 Å². The van der Waals surface area contributed by atoms with E-state index in [0.717, 1.165) is 12.5 Å². The summed E-state index contributed by atoms with van der Waals surface area (Å²) in [4.78, 5) is 22.3. The monoisotopic (exact) mass is 294 g/mol. The minimum atomic E-state index is -1.21. The van der Waals surface area contributed by atoms with E-state index in [2.05, 4.69) is 10.6 Å². The molecule has 1 aromatic rings. The van der Waals surface area contributed by atoms with E-state index in [1.165, 1.54) is 37.8 Å². The number of anilines is 1. The fourth-order valence-corrected chi connectivity index (χ4v) is 2.60. The van der Waals surface area contributed by atoms with Crippen molar-refractivity contribution < 1.29 is 19.1 Å². The molecular weight excluding hydrogens is 275 g/mol. The molecule has 0 atom stereocenters. The maximum atomic E-state index is 13.6. The Kier molecular flexibility index (Phi) is 5.14. The predicted molar refractivity (Wildman–Crippen MR) is 77.0 cm³/mol. The average molecular weight is 294 g/mol. The van der Waals surface area contributed by atoms with E-state index in [9.17, 15) is 14.0 Å². The Morgan fingerprint density at radius 2 is 2.00 bits per heavy atom. The van der Waals surface area contributed by atoms with Gasteiger partial charge in [-0.05, 0) is 30.5 Å². The smallest absolute Gasteiger partial charge is 0.335 e. The third kappa shape index (κ3) is 4.44. The molecule has 2 amide bonds. The highest BCUT2D eigenvalue weighted by atomic mass is 19.1. The van der Waals surface area contributed by atoms with Crippen molar-refractivity contribution >= 4 is 17.7 Å². The number of carbonyl (C=O) groups excluding carboxylic acids is 1. The lowest BCUT2D eigenvalue weighted by atomic mass is 10.0. The largest absolute Gasteiger partial charge is 0.478 e. The second kappa shape index (κ2) is 7.06. The van der Waals surface area contributed by atoms with Crippen molar-refractivity contribution in [3.05, 3.63) is 29.6 Å². The zero-order valence-corrected chi connectivity index (χ0v) is 11.7. The Labute approximate surface area is 122 Å². The van der Waals surface area contributed by atoms with Gasteiger partial charge in [0.1, 0.15) is 5.82 Å². The average Bonchev–Trinajstić information content (AvgIpc) is 2.94. The van der Waals surface area contributed by atoms with Crippen molar-refractivity contribution in [2.75, 3.05) is 11.9 Å². The third-order valence-corrected chi connectivity index (χ3v) is 3.78. The molecule has 0 saturated heterocycles. The zero-order valence-electron chi connectivity index (χ0n) is 11.7. The highest BCUT2D eigenvalue weighted by molar-refractivity contribution is 5.91. The van der Waals surface area contributed by atoms with E-state index in [1.54, 1.807) is 0 Å². The number of carboxylic acids is 1. The molecule has 2 rings (SSSR count). The van der Waals surface area contributed by atoms with Gasteiger partial charge >= 0.3 is 12.0 Å². The molecule has 0 aliphatic heterocycles. The van der Waals surface area contributed by atoms with E-state index in [4.69, 9.17) is 5.11 Å². The van der Waals surface area contributed by atoms with Crippen molar-refractivity contribution in [3.8, 4) is 0 Å². The number of amides is 2. The van der Waals surface area contributed by atoms with Gasteiger partial charge in [-0.25, -0.2) is 14.0 Å². The van der Waals surface area contributed by atoms with E-state index in [1.807, 2.05) is 0 Å². The van der Waals surface area contributed by atoms with Gasteiger partial charge in [0.25, 0.3) is 0 Å². The second-order valence-corrected chi connectivity index (χ2v) is 5.32. The van der Waals surface area contributed by atoms with Crippen molar-refractivity contribution in [1.82, 2.24) is 5.32 Å². The maximum absolute atomic E-state index is 13.6. The maximum Gasteiger partial charge on any atom is 0.335 e. The molecule has 6 heteroatoms. The van der Waals surface area contributed by atoms with Gasteiger partial charge in [0, 0.05) is 6.54 Å². The summed E-state index contributed by atoms with van der Waals surface area (Å²) >= 11 is 0. The first-order valence-corrected chi connectivity index (χ1v) is 7.14. The van der Waals surface area contributed by atoms with E-state index < -0.39 is 17.8 Å². The number of hydrogen-bond donors (Lipinski definition) is 3. The lowest BCUT2D eigenvalue weighted by molar-refractivity contribution is 0.0696. The van der Waals surface area contributed by atoms with Crippen LogP contribution in [-0.4, -0.2) is 23.7 Å². The molecule has 1 aliphatic carbocycles. The van der Waals surface area contributed by atoms with E-state index >= 15 is 0 Å². The Morgan fingerprint density at radius 3 is 2.62 bits per heavy atom. The molecule has 1 fully saturated rings. The molecule has 0 spiro atoms. The molecule has 114 valence electrons. The molecule has 1 aliphatic rings. The summed E-state index contributed by atoms with van der Waals surface area (Å²) in [5.41, 5.74) is -0.182. The zero-order chi connectivity index (χ0) is 15.2. The molecule has 1 aromatic carbocycles. The Bertz CT molecular complexity index is 528. The van der Waals surface area contributed by atoms with Crippen molar-refractivity contribution in [2.45, 2.75) is 32.1 Å². The van der Waals surface area contributed by atoms with Gasteiger partial charge in [-0.3, -0.25) is 0 Å². The first-order chi connectivity index (χ1) is 10.1. The summed E-state index contributed by atoms with van der Waals surface area (Å²) in [5.74, 6) is -1.29. The molecule has 0 heterocycles. The SMILES string of the molecule is O=C(NCCC1CCCC1)Nc1ccc(C(=O)O)cc1F. The van der Waals surface area contributed by atoms with Crippen LogP contribution in [0.1, 0.15) is 42.5 Å². The molecule has 0 bridgehead atoms. The standard InChI is InChI=1S/C15H19FN2O3/c16-12-9-11(14(19)20)5-6-13(12)18-15(21)17-8-7-10-3-1-2-4-10/h5-6,9-10H,1-4,7-8H2,(H,19,20)(H2,17,18,21). The van der Waals surface area contributed by atoms with Crippen LogP contribution in [0.15, 0.2) is 18.2 Å². The number of nitrogens with one attached hydrogen (secondary N) is 2. The molecular formula is C15H19FN2O3. The summed E-state index contributed by atoms with van der Waals surface area (Å²) in [6.45, 7) is 0.561. The Morgan fingerprint density at radius 1 is 1.29 bits per heavy atom. The number of benzene rings is 1. The molecule has 5 nitrogen and oxygen atoms in total. The number of urea groups is 1. The fourth-order valence-electron chi connectivity index (χ4n) is 2.60. The van der Waals surface area contributed by atoms with E-state index in [-0.39, 0.29) is 11.3 Å². The van der Waals surface area contributed by atoms with Crippen molar-refractivity contribution in [1.29, 1.82) is 0 Å². The molecule has 1 saturated carbocycles. The molecule has 0 unspecified atom stereocenters. The molecule has 3 N–H and O–H groups in total. The van der Waals surface area contributed by atoms with Crippen molar-refractivity contribution in [2.24, 2.45) is 5.92 Å². The summed E-state index contributed by atoms with van der Waals surface area (Å²) in [5, 5.41) is 13.8.